The number of nitrogens with zero attached hydrogens (tertiary/aromatic N) is 4. The standard InChI is InChI=1S/C16H29N5O/c1-5-19(6-2)15-7-8-20(12-15)16(22)18-14-9-17-21(11-14)10-13(3)4/h9,11,13,15H,5-8,10,12H2,1-4H3,(H,18,22)/t15-/m0/s1. The SMILES string of the molecule is CCN(CC)[C@H]1CCN(C(=O)Nc2cnn(CC(C)C)c2)C1. The van der Waals surface area contributed by atoms with Gasteiger partial charge in [0.2, 0.25) is 0 Å². The van der Waals surface area contributed by atoms with E-state index in [1.165, 1.54) is 0 Å². The molecule has 0 aliphatic carbocycles. The fourth-order valence-electron chi connectivity index (χ4n) is 3.07. The van der Waals surface area contributed by atoms with Crippen LogP contribution in [0.25, 0.3) is 0 Å². The minimum Gasteiger partial charge on any atom is -0.323 e. The summed E-state index contributed by atoms with van der Waals surface area (Å²) in [7, 11) is 0. The van der Waals surface area contributed by atoms with Gasteiger partial charge in [-0.2, -0.15) is 5.10 Å². The summed E-state index contributed by atoms with van der Waals surface area (Å²) in [6, 6.07) is 0.475. The third kappa shape index (κ3) is 4.22. The third-order valence-electron chi connectivity index (χ3n) is 4.22. The van der Waals surface area contributed by atoms with Crippen LogP contribution >= 0.6 is 0 Å². The van der Waals surface area contributed by atoms with Crippen molar-refractivity contribution >= 4 is 11.7 Å². The van der Waals surface area contributed by atoms with Crippen molar-refractivity contribution in [2.45, 2.75) is 46.7 Å². The van der Waals surface area contributed by atoms with Gasteiger partial charge in [-0.25, -0.2) is 4.79 Å². The Morgan fingerprint density at radius 3 is 2.82 bits per heavy atom. The summed E-state index contributed by atoms with van der Waals surface area (Å²) in [5.74, 6) is 0.539. The Hall–Kier alpha value is -1.56. The van der Waals surface area contributed by atoms with Crippen LogP contribution in [0.1, 0.15) is 34.1 Å². The van der Waals surface area contributed by atoms with Gasteiger partial charge in [0.1, 0.15) is 0 Å². The highest BCUT2D eigenvalue weighted by Gasteiger charge is 2.29. The molecule has 1 aliphatic rings. The third-order valence-corrected chi connectivity index (χ3v) is 4.22. The second kappa shape index (κ2) is 7.63. The van der Waals surface area contributed by atoms with Crippen LogP contribution in [-0.2, 0) is 6.54 Å². The smallest absolute Gasteiger partial charge is 0.321 e. The van der Waals surface area contributed by atoms with Crippen molar-refractivity contribution in [1.82, 2.24) is 19.6 Å². The van der Waals surface area contributed by atoms with Crippen molar-refractivity contribution in [2.24, 2.45) is 5.92 Å². The highest BCUT2D eigenvalue weighted by molar-refractivity contribution is 5.89. The number of rotatable bonds is 6. The van der Waals surface area contributed by atoms with E-state index in [1.807, 2.05) is 15.8 Å². The predicted molar refractivity (Wildman–Crippen MR) is 89.0 cm³/mol. The topological polar surface area (TPSA) is 53.4 Å². The zero-order valence-corrected chi connectivity index (χ0v) is 14.2. The van der Waals surface area contributed by atoms with E-state index < -0.39 is 0 Å². The first-order valence-electron chi connectivity index (χ1n) is 8.35. The molecule has 1 N–H and O–H groups in total. The maximum absolute atomic E-state index is 12.4. The molecule has 1 saturated heterocycles. The van der Waals surface area contributed by atoms with E-state index in [0.717, 1.165) is 44.8 Å². The zero-order chi connectivity index (χ0) is 16.1. The van der Waals surface area contributed by atoms with Crippen molar-refractivity contribution < 1.29 is 4.79 Å². The number of hydrogen-bond donors (Lipinski definition) is 1. The molecule has 1 aliphatic heterocycles. The molecule has 6 nitrogen and oxygen atoms in total. The number of hydrogen-bond acceptors (Lipinski definition) is 3. The van der Waals surface area contributed by atoms with Gasteiger partial charge in [-0.15, -0.1) is 0 Å². The first-order chi connectivity index (χ1) is 10.5. The van der Waals surface area contributed by atoms with Crippen LogP contribution in [0.5, 0.6) is 0 Å². The molecule has 2 amide bonds. The van der Waals surface area contributed by atoms with Gasteiger partial charge in [-0.1, -0.05) is 27.7 Å². The maximum Gasteiger partial charge on any atom is 0.321 e. The summed E-state index contributed by atoms with van der Waals surface area (Å²) in [5, 5.41) is 7.24. The number of urea groups is 1. The van der Waals surface area contributed by atoms with Crippen molar-refractivity contribution in [3.63, 3.8) is 0 Å². The lowest BCUT2D eigenvalue weighted by Gasteiger charge is -2.26. The number of carbonyl (C=O) groups is 1. The van der Waals surface area contributed by atoms with E-state index in [1.54, 1.807) is 6.20 Å². The molecule has 0 spiro atoms. The molecule has 22 heavy (non-hydrogen) atoms. The molecule has 2 rings (SSSR count). The molecule has 1 aromatic heterocycles. The minimum absolute atomic E-state index is 0.0150. The first-order valence-corrected chi connectivity index (χ1v) is 8.35. The Balaban J connectivity index is 1.86. The van der Waals surface area contributed by atoms with Crippen molar-refractivity contribution in [2.75, 3.05) is 31.5 Å². The molecule has 6 heteroatoms. The lowest BCUT2D eigenvalue weighted by Crippen LogP contribution is -2.39. The molecule has 124 valence electrons. The Morgan fingerprint density at radius 1 is 1.45 bits per heavy atom. The molecule has 0 bridgehead atoms. The Bertz CT molecular complexity index is 481. The largest absolute Gasteiger partial charge is 0.323 e. The number of likely N-dealkylation sites (N-methyl/N-ethyl adjacent to an activating group) is 1. The summed E-state index contributed by atoms with van der Waals surface area (Å²) in [5.41, 5.74) is 0.775. The Labute approximate surface area is 133 Å². The van der Waals surface area contributed by atoms with Gasteiger partial charge < -0.3 is 10.2 Å². The highest BCUT2D eigenvalue weighted by Crippen LogP contribution is 2.17. The highest BCUT2D eigenvalue weighted by atomic mass is 16.2. The van der Waals surface area contributed by atoms with Gasteiger partial charge >= 0.3 is 6.03 Å². The molecule has 2 heterocycles. The van der Waals surface area contributed by atoms with Crippen LogP contribution in [-0.4, -0.2) is 57.8 Å². The number of amides is 2. The predicted octanol–water partition coefficient (Wildman–Crippen LogP) is 2.49. The molecule has 0 radical (unpaired) electrons. The van der Waals surface area contributed by atoms with Crippen LogP contribution in [0.4, 0.5) is 10.5 Å². The molecule has 1 fully saturated rings. The number of likely N-dealkylation sites (tertiary alicyclic amines) is 1. The van der Waals surface area contributed by atoms with Crippen LogP contribution in [0.2, 0.25) is 0 Å². The van der Waals surface area contributed by atoms with Gasteiger partial charge in [0, 0.05) is 31.9 Å². The van der Waals surface area contributed by atoms with Gasteiger partial charge in [0.25, 0.3) is 0 Å². The van der Waals surface area contributed by atoms with E-state index in [0.29, 0.717) is 12.0 Å². The molecule has 1 atom stereocenters. The molecule has 0 unspecified atom stereocenters. The summed E-state index contributed by atoms with van der Waals surface area (Å²) >= 11 is 0. The monoisotopic (exact) mass is 307 g/mol. The van der Waals surface area contributed by atoms with Crippen LogP contribution < -0.4 is 5.32 Å². The van der Waals surface area contributed by atoms with Crippen molar-refractivity contribution in [3.8, 4) is 0 Å². The maximum atomic E-state index is 12.4. The number of anilines is 1. The molecule has 0 saturated carbocycles. The fourth-order valence-corrected chi connectivity index (χ4v) is 3.07. The Morgan fingerprint density at radius 2 is 2.18 bits per heavy atom. The molecule has 0 aromatic carbocycles. The van der Waals surface area contributed by atoms with E-state index in [9.17, 15) is 4.79 Å². The van der Waals surface area contributed by atoms with Crippen LogP contribution in [0.3, 0.4) is 0 Å². The van der Waals surface area contributed by atoms with E-state index in [2.05, 4.69) is 43.0 Å². The van der Waals surface area contributed by atoms with Gasteiger partial charge in [0.15, 0.2) is 0 Å². The number of nitrogens with one attached hydrogen (secondary N) is 1. The zero-order valence-electron chi connectivity index (χ0n) is 14.2. The second-order valence-electron chi connectivity index (χ2n) is 6.38. The minimum atomic E-state index is -0.0150. The first kappa shape index (κ1) is 16.8. The van der Waals surface area contributed by atoms with Crippen LogP contribution in [0.15, 0.2) is 12.4 Å². The summed E-state index contributed by atoms with van der Waals surface area (Å²) in [6.45, 7) is 13.2. The normalized spacial score (nSPS) is 18.5. The molecule has 1 aromatic rings. The average molecular weight is 307 g/mol. The van der Waals surface area contributed by atoms with E-state index in [4.69, 9.17) is 0 Å². The van der Waals surface area contributed by atoms with Crippen LogP contribution in [0, 0.1) is 5.92 Å². The second-order valence-corrected chi connectivity index (χ2v) is 6.38. The number of aromatic nitrogens is 2. The number of carbonyl (C=O) groups excluding carboxylic acids is 1. The van der Waals surface area contributed by atoms with Gasteiger partial charge in [-0.05, 0) is 25.4 Å². The summed E-state index contributed by atoms with van der Waals surface area (Å²) in [6.07, 6.45) is 4.68. The van der Waals surface area contributed by atoms with Gasteiger partial charge in [-0.3, -0.25) is 9.58 Å². The van der Waals surface area contributed by atoms with Crippen molar-refractivity contribution in [3.05, 3.63) is 12.4 Å². The van der Waals surface area contributed by atoms with E-state index in [-0.39, 0.29) is 6.03 Å². The van der Waals surface area contributed by atoms with E-state index >= 15 is 0 Å². The molecular formula is C16H29N5O. The average Bonchev–Trinajstić information content (AvgIpc) is 3.09. The van der Waals surface area contributed by atoms with Gasteiger partial charge in [0.05, 0.1) is 11.9 Å². The quantitative estimate of drug-likeness (QED) is 0.878. The van der Waals surface area contributed by atoms with Crippen molar-refractivity contribution in [1.29, 1.82) is 0 Å². The lowest BCUT2D eigenvalue weighted by atomic mass is 10.2. The summed E-state index contributed by atoms with van der Waals surface area (Å²) in [4.78, 5) is 16.7. The lowest BCUT2D eigenvalue weighted by molar-refractivity contribution is 0.202. The molecular weight excluding hydrogens is 278 g/mol. The summed E-state index contributed by atoms with van der Waals surface area (Å²) < 4.78 is 1.88. The Kier molecular flexibility index (Phi) is 5.83. The fraction of sp³-hybridized carbons (Fsp3) is 0.750.